The van der Waals surface area contributed by atoms with Crippen LogP contribution in [0.4, 0.5) is 0 Å². The third-order valence-corrected chi connectivity index (χ3v) is 3.91. The molecule has 1 saturated heterocycles. The number of halogens is 1. The predicted octanol–water partition coefficient (Wildman–Crippen LogP) is 2.82. The van der Waals surface area contributed by atoms with Gasteiger partial charge in [0.05, 0.1) is 22.3 Å². The van der Waals surface area contributed by atoms with E-state index in [0.717, 1.165) is 5.46 Å². The van der Waals surface area contributed by atoms with Gasteiger partial charge in [-0.2, -0.15) is 0 Å². The molecule has 20 heavy (non-hydrogen) atoms. The summed E-state index contributed by atoms with van der Waals surface area (Å²) < 4.78 is 17.8. The Morgan fingerprint density at radius 3 is 2.25 bits per heavy atom. The van der Waals surface area contributed by atoms with E-state index in [-0.39, 0.29) is 6.10 Å². The molecule has 1 fully saturated rings. The lowest BCUT2D eigenvalue weighted by Gasteiger charge is -2.32. The van der Waals surface area contributed by atoms with E-state index >= 15 is 0 Å². The van der Waals surface area contributed by atoms with Crippen molar-refractivity contribution in [1.82, 2.24) is 4.98 Å². The van der Waals surface area contributed by atoms with Crippen LogP contribution in [0.15, 0.2) is 12.3 Å². The molecule has 0 aliphatic carbocycles. The Kier molecular flexibility index (Phi) is 4.06. The number of aromatic nitrogens is 1. The van der Waals surface area contributed by atoms with E-state index in [1.165, 1.54) is 0 Å². The van der Waals surface area contributed by atoms with Crippen LogP contribution in [0.1, 0.15) is 41.5 Å². The maximum atomic E-state index is 6.04. The molecule has 0 atom stereocenters. The summed E-state index contributed by atoms with van der Waals surface area (Å²) >= 11 is 6.04. The zero-order valence-electron chi connectivity index (χ0n) is 12.9. The average Bonchev–Trinajstić information content (AvgIpc) is 2.50. The van der Waals surface area contributed by atoms with Gasteiger partial charge in [-0.05, 0) is 47.6 Å². The van der Waals surface area contributed by atoms with E-state index in [2.05, 4.69) is 4.98 Å². The first-order valence-corrected chi connectivity index (χ1v) is 7.18. The highest BCUT2D eigenvalue weighted by atomic mass is 35.5. The summed E-state index contributed by atoms with van der Waals surface area (Å²) in [6.45, 7) is 11.9. The van der Waals surface area contributed by atoms with E-state index in [1.807, 2.05) is 41.5 Å². The number of nitrogens with zero attached hydrogens (tertiary/aromatic N) is 1. The van der Waals surface area contributed by atoms with Crippen LogP contribution >= 0.6 is 11.6 Å². The molecule has 1 aromatic rings. The van der Waals surface area contributed by atoms with Crippen LogP contribution in [0.2, 0.25) is 5.02 Å². The van der Waals surface area contributed by atoms with E-state index in [9.17, 15) is 0 Å². The summed E-state index contributed by atoms with van der Waals surface area (Å²) in [4.78, 5) is 4.24. The van der Waals surface area contributed by atoms with E-state index in [1.54, 1.807) is 12.3 Å². The number of hydrogen-bond acceptors (Lipinski definition) is 4. The number of rotatable bonds is 3. The molecule has 2 heterocycles. The Bertz CT molecular complexity index is 489. The van der Waals surface area contributed by atoms with Gasteiger partial charge >= 0.3 is 7.12 Å². The number of pyridine rings is 1. The van der Waals surface area contributed by atoms with Gasteiger partial charge in [-0.25, -0.2) is 4.98 Å². The fourth-order valence-corrected chi connectivity index (χ4v) is 2.07. The molecular formula is C14H21BClNO3. The normalized spacial score (nSPS) is 20.5. The summed E-state index contributed by atoms with van der Waals surface area (Å²) in [5, 5.41) is 0.533. The third kappa shape index (κ3) is 2.95. The van der Waals surface area contributed by atoms with Gasteiger partial charge in [0.1, 0.15) is 0 Å². The fourth-order valence-electron chi connectivity index (χ4n) is 1.90. The van der Waals surface area contributed by atoms with Crippen molar-refractivity contribution in [1.29, 1.82) is 0 Å². The molecule has 6 heteroatoms. The highest BCUT2D eigenvalue weighted by Crippen LogP contribution is 2.37. The van der Waals surface area contributed by atoms with Crippen LogP contribution in [0.3, 0.4) is 0 Å². The Hall–Kier alpha value is -0.775. The van der Waals surface area contributed by atoms with Gasteiger partial charge in [0, 0.05) is 11.7 Å². The average molecular weight is 298 g/mol. The molecule has 0 N–H and O–H groups in total. The zero-order chi connectivity index (χ0) is 15.1. The topological polar surface area (TPSA) is 40.6 Å². The third-order valence-electron chi connectivity index (χ3n) is 3.70. The lowest BCUT2D eigenvalue weighted by molar-refractivity contribution is 0.00578. The summed E-state index contributed by atoms with van der Waals surface area (Å²) in [7, 11) is -0.528. The second-order valence-corrected chi connectivity index (χ2v) is 6.74. The minimum absolute atomic E-state index is 0.0184. The van der Waals surface area contributed by atoms with Gasteiger partial charge in [-0.1, -0.05) is 11.6 Å². The van der Waals surface area contributed by atoms with Crippen LogP contribution < -0.4 is 10.2 Å². The minimum Gasteiger partial charge on any atom is -0.475 e. The zero-order valence-corrected chi connectivity index (χ0v) is 13.6. The van der Waals surface area contributed by atoms with Gasteiger partial charge in [-0.15, -0.1) is 0 Å². The maximum absolute atomic E-state index is 6.04. The predicted molar refractivity (Wildman–Crippen MR) is 80.7 cm³/mol. The molecule has 0 spiro atoms. The van der Waals surface area contributed by atoms with Crippen LogP contribution in [0.5, 0.6) is 5.88 Å². The molecule has 1 aliphatic rings. The highest BCUT2D eigenvalue weighted by molar-refractivity contribution is 6.63. The Morgan fingerprint density at radius 2 is 1.75 bits per heavy atom. The molecule has 0 unspecified atom stereocenters. The maximum Gasteiger partial charge on any atom is 0.500 e. The molecule has 2 rings (SSSR count). The Balaban J connectivity index is 2.36. The fraction of sp³-hybridized carbons (Fsp3) is 0.643. The first kappa shape index (κ1) is 15.6. The van der Waals surface area contributed by atoms with Gasteiger partial charge in [0.25, 0.3) is 0 Å². The molecule has 0 bridgehead atoms. The standard InChI is InChI=1S/C14H21BClNO3/c1-9(2)18-12-11(7-10(16)8-17-12)15-19-13(3,4)14(5,6)20-15/h7-9H,1-6H3. The van der Waals surface area contributed by atoms with Crippen molar-refractivity contribution in [3.8, 4) is 5.88 Å². The molecule has 4 nitrogen and oxygen atoms in total. The molecule has 110 valence electrons. The first-order chi connectivity index (χ1) is 9.12. The van der Waals surface area contributed by atoms with E-state index in [0.29, 0.717) is 10.9 Å². The van der Waals surface area contributed by atoms with Crippen molar-refractivity contribution in [2.45, 2.75) is 58.8 Å². The van der Waals surface area contributed by atoms with Gasteiger partial charge in [-0.3, -0.25) is 0 Å². The summed E-state index contributed by atoms with van der Waals surface area (Å²) in [5.41, 5.74) is -0.0886. The van der Waals surface area contributed by atoms with Gasteiger partial charge in [0.2, 0.25) is 5.88 Å². The van der Waals surface area contributed by atoms with Crippen molar-refractivity contribution < 1.29 is 14.0 Å². The van der Waals surface area contributed by atoms with E-state index in [4.69, 9.17) is 25.6 Å². The lowest BCUT2D eigenvalue weighted by Crippen LogP contribution is -2.41. The number of hydrogen-bond donors (Lipinski definition) is 0. The van der Waals surface area contributed by atoms with Crippen molar-refractivity contribution in [3.63, 3.8) is 0 Å². The second-order valence-electron chi connectivity index (χ2n) is 6.30. The van der Waals surface area contributed by atoms with E-state index < -0.39 is 18.3 Å². The second kappa shape index (κ2) is 5.21. The Morgan fingerprint density at radius 1 is 1.20 bits per heavy atom. The van der Waals surface area contributed by atoms with Crippen LogP contribution in [0.25, 0.3) is 0 Å². The summed E-state index contributed by atoms with van der Waals surface area (Å²) in [6, 6.07) is 1.79. The minimum atomic E-state index is -0.528. The smallest absolute Gasteiger partial charge is 0.475 e. The van der Waals surface area contributed by atoms with Crippen molar-refractivity contribution in [3.05, 3.63) is 17.3 Å². The molecular weight excluding hydrogens is 276 g/mol. The quantitative estimate of drug-likeness (QED) is 0.805. The molecule has 1 aromatic heterocycles. The summed E-state index contributed by atoms with van der Waals surface area (Å²) in [6.07, 6.45) is 1.58. The molecule has 0 aromatic carbocycles. The SMILES string of the molecule is CC(C)Oc1ncc(Cl)cc1B1OC(C)(C)C(C)(C)O1. The monoisotopic (exact) mass is 297 g/mol. The largest absolute Gasteiger partial charge is 0.500 e. The van der Waals surface area contributed by atoms with Crippen LogP contribution in [0, 0.1) is 0 Å². The lowest BCUT2D eigenvalue weighted by atomic mass is 9.79. The van der Waals surface area contributed by atoms with Crippen LogP contribution in [-0.4, -0.2) is 29.4 Å². The number of ether oxygens (including phenoxy) is 1. The highest BCUT2D eigenvalue weighted by Gasteiger charge is 2.52. The van der Waals surface area contributed by atoms with Crippen molar-refractivity contribution >= 4 is 24.2 Å². The van der Waals surface area contributed by atoms with Gasteiger partial charge < -0.3 is 14.0 Å². The molecule has 1 aliphatic heterocycles. The molecule has 0 radical (unpaired) electrons. The first-order valence-electron chi connectivity index (χ1n) is 6.80. The molecule has 0 saturated carbocycles. The summed E-state index contributed by atoms with van der Waals surface area (Å²) in [5.74, 6) is 0.503. The van der Waals surface area contributed by atoms with Crippen molar-refractivity contribution in [2.75, 3.05) is 0 Å². The van der Waals surface area contributed by atoms with Crippen molar-refractivity contribution in [2.24, 2.45) is 0 Å². The molecule has 0 amide bonds. The van der Waals surface area contributed by atoms with Gasteiger partial charge in [0.15, 0.2) is 0 Å². The van der Waals surface area contributed by atoms with Crippen LogP contribution in [-0.2, 0) is 9.31 Å². The Labute approximate surface area is 125 Å².